The van der Waals surface area contributed by atoms with Gasteiger partial charge >= 0.3 is 12.0 Å². The van der Waals surface area contributed by atoms with Gasteiger partial charge in [0.2, 0.25) is 5.83 Å². The molecule has 6 heteroatoms. The van der Waals surface area contributed by atoms with Gasteiger partial charge in [-0.2, -0.15) is 4.39 Å². The highest BCUT2D eigenvalue weighted by Crippen LogP contribution is 2.35. The van der Waals surface area contributed by atoms with Crippen LogP contribution in [0.15, 0.2) is 23.6 Å². The third-order valence-electron chi connectivity index (χ3n) is 5.39. The molecule has 0 aliphatic heterocycles. The van der Waals surface area contributed by atoms with Gasteiger partial charge < -0.3 is 15.4 Å². The molecule has 172 valence electrons. The van der Waals surface area contributed by atoms with E-state index in [1.54, 1.807) is 20.8 Å². The summed E-state index contributed by atoms with van der Waals surface area (Å²) in [6.07, 6.45) is 10.3. The summed E-state index contributed by atoms with van der Waals surface area (Å²) in [4.78, 5) is 23.9. The molecule has 0 bridgehead atoms. The average Bonchev–Trinajstić information content (AvgIpc) is 2.65. The first-order chi connectivity index (χ1) is 14.0. The molecule has 0 fully saturated rings. The largest absolute Gasteiger partial charge is 0.455 e. The Morgan fingerprint density at radius 2 is 1.97 bits per heavy atom. The van der Waals surface area contributed by atoms with E-state index in [9.17, 15) is 14.0 Å². The number of amides is 2. The van der Waals surface area contributed by atoms with Crippen molar-refractivity contribution in [3.05, 3.63) is 23.6 Å². The van der Waals surface area contributed by atoms with E-state index in [0.717, 1.165) is 44.9 Å². The van der Waals surface area contributed by atoms with Gasteiger partial charge in [-0.1, -0.05) is 38.8 Å². The van der Waals surface area contributed by atoms with Crippen LogP contribution in [-0.4, -0.2) is 29.7 Å². The highest BCUT2D eigenvalue weighted by molar-refractivity contribution is 5.86. The molecule has 0 saturated carbocycles. The lowest BCUT2D eigenvalue weighted by atomic mass is 9.75. The predicted molar refractivity (Wildman–Crippen MR) is 120 cm³/mol. The normalized spacial score (nSPS) is 22.3. The second-order valence-corrected chi connectivity index (χ2v) is 9.45. The molecule has 0 saturated heterocycles. The van der Waals surface area contributed by atoms with E-state index < -0.39 is 17.4 Å². The Balaban J connectivity index is 2.28. The molecule has 0 aromatic carbocycles. The third kappa shape index (κ3) is 9.77. The van der Waals surface area contributed by atoms with E-state index in [4.69, 9.17) is 4.74 Å². The van der Waals surface area contributed by atoms with Crippen molar-refractivity contribution in [3.8, 4) is 0 Å². The van der Waals surface area contributed by atoms with Crippen molar-refractivity contribution in [2.45, 2.75) is 104 Å². The number of hydrogen-bond acceptors (Lipinski definition) is 3. The molecule has 0 heterocycles. The number of ether oxygens (including phenoxy) is 1. The van der Waals surface area contributed by atoms with Crippen LogP contribution in [0.25, 0.3) is 0 Å². The zero-order valence-electron chi connectivity index (χ0n) is 19.7. The smallest absolute Gasteiger partial charge is 0.367 e. The summed E-state index contributed by atoms with van der Waals surface area (Å²) in [5.74, 6) is -1.28. The molecule has 2 N–H and O–H groups in total. The Morgan fingerprint density at radius 3 is 2.57 bits per heavy atom. The first-order valence-corrected chi connectivity index (χ1v) is 11.3. The van der Waals surface area contributed by atoms with E-state index in [1.165, 1.54) is 11.6 Å². The van der Waals surface area contributed by atoms with E-state index in [2.05, 4.69) is 37.5 Å². The molecule has 2 unspecified atom stereocenters. The number of esters is 1. The van der Waals surface area contributed by atoms with Crippen molar-refractivity contribution in [2.24, 2.45) is 5.92 Å². The predicted octanol–water partition coefficient (Wildman–Crippen LogP) is 5.96. The van der Waals surface area contributed by atoms with Crippen molar-refractivity contribution >= 4 is 12.0 Å². The topological polar surface area (TPSA) is 67.4 Å². The second kappa shape index (κ2) is 12.1. The number of urea groups is 1. The molecule has 1 rings (SSSR count). The van der Waals surface area contributed by atoms with Crippen LogP contribution in [0.5, 0.6) is 0 Å². The van der Waals surface area contributed by atoms with Crippen molar-refractivity contribution in [3.63, 3.8) is 0 Å². The molecule has 0 radical (unpaired) electrons. The summed E-state index contributed by atoms with van der Waals surface area (Å²) in [6.45, 7) is 12.2. The fourth-order valence-corrected chi connectivity index (χ4v) is 3.91. The molecule has 5 nitrogen and oxygen atoms in total. The third-order valence-corrected chi connectivity index (χ3v) is 5.39. The SMILES string of the molecule is CCC1=CC(C)CC(CC)(NC(=O)NCCCCC/C=C(\F)C(=O)OC(C)(C)C)C1. The van der Waals surface area contributed by atoms with Gasteiger partial charge in [-0.25, -0.2) is 9.59 Å². The van der Waals surface area contributed by atoms with Crippen LogP contribution in [0, 0.1) is 5.92 Å². The van der Waals surface area contributed by atoms with E-state index in [1.807, 2.05) is 0 Å². The maximum absolute atomic E-state index is 13.7. The minimum Gasteiger partial charge on any atom is -0.455 e. The van der Waals surface area contributed by atoms with Gasteiger partial charge in [0.25, 0.3) is 0 Å². The van der Waals surface area contributed by atoms with Crippen LogP contribution in [0.2, 0.25) is 0 Å². The average molecular weight is 425 g/mol. The molecule has 1 aliphatic rings. The number of rotatable bonds is 10. The number of halogens is 1. The standard InChI is InChI=1S/C24H41FN2O3/c1-7-19-15-18(3)16-24(8-2,17-19)27-22(29)26-14-12-10-9-11-13-20(25)21(28)30-23(4,5)6/h13,15,18H,7-12,14,16-17H2,1-6H3,(H2,26,27,29)/b20-13-. The lowest BCUT2D eigenvalue weighted by Crippen LogP contribution is -2.53. The van der Waals surface area contributed by atoms with Crippen LogP contribution in [-0.2, 0) is 9.53 Å². The quantitative estimate of drug-likeness (QED) is 0.197. The highest BCUT2D eigenvalue weighted by Gasteiger charge is 2.34. The van der Waals surface area contributed by atoms with Crippen molar-refractivity contribution in [1.82, 2.24) is 10.6 Å². The number of carbonyl (C=O) groups excluding carboxylic acids is 2. The fourth-order valence-electron chi connectivity index (χ4n) is 3.91. The summed E-state index contributed by atoms with van der Waals surface area (Å²) in [7, 11) is 0. The van der Waals surface area contributed by atoms with Crippen LogP contribution < -0.4 is 10.6 Å². The van der Waals surface area contributed by atoms with E-state index >= 15 is 0 Å². The minimum absolute atomic E-state index is 0.114. The summed E-state index contributed by atoms with van der Waals surface area (Å²) in [5, 5.41) is 6.17. The first kappa shape index (κ1) is 26.2. The van der Waals surface area contributed by atoms with Crippen molar-refractivity contribution in [1.29, 1.82) is 0 Å². The van der Waals surface area contributed by atoms with Gasteiger partial charge in [0.1, 0.15) is 5.60 Å². The summed E-state index contributed by atoms with van der Waals surface area (Å²) in [6, 6.07) is -0.114. The molecule has 2 atom stereocenters. The zero-order valence-corrected chi connectivity index (χ0v) is 19.7. The molecular formula is C24H41FN2O3. The van der Waals surface area contributed by atoms with Crippen LogP contribution >= 0.6 is 0 Å². The summed E-state index contributed by atoms with van der Waals surface area (Å²) >= 11 is 0. The first-order valence-electron chi connectivity index (χ1n) is 11.3. The number of carbonyl (C=O) groups is 2. The maximum Gasteiger partial charge on any atom is 0.367 e. The molecule has 0 aromatic rings. The Hall–Kier alpha value is -1.85. The Labute approximate surface area is 181 Å². The van der Waals surface area contributed by atoms with Crippen LogP contribution in [0.1, 0.15) is 92.9 Å². The lowest BCUT2D eigenvalue weighted by molar-refractivity contribution is -0.151. The number of unbranched alkanes of at least 4 members (excludes halogenated alkanes) is 3. The molecule has 2 amide bonds. The lowest BCUT2D eigenvalue weighted by Gasteiger charge is -2.40. The number of allylic oxidation sites excluding steroid dienone is 2. The van der Waals surface area contributed by atoms with E-state index in [0.29, 0.717) is 18.9 Å². The Kier molecular flexibility index (Phi) is 10.6. The van der Waals surface area contributed by atoms with Gasteiger partial charge in [0.05, 0.1) is 0 Å². The van der Waals surface area contributed by atoms with Gasteiger partial charge in [-0.05, 0) is 77.7 Å². The fraction of sp³-hybridized carbons (Fsp3) is 0.750. The van der Waals surface area contributed by atoms with Gasteiger partial charge in [-0.3, -0.25) is 0 Å². The van der Waals surface area contributed by atoms with Crippen LogP contribution in [0.3, 0.4) is 0 Å². The molecule has 0 spiro atoms. The molecule has 30 heavy (non-hydrogen) atoms. The van der Waals surface area contributed by atoms with Gasteiger partial charge in [0, 0.05) is 12.1 Å². The van der Waals surface area contributed by atoms with Crippen molar-refractivity contribution < 1.29 is 18.7 Å². The molecular weight excluding hydrogens is 383 g/mol. The molecule has 0 aromatic heterocycles. The molecule has 1 aliphatic carbocycles. The Morgan fingerprint density at radius 1 is 1.27 bits per heavy atom. The van der Waals surface area contributed by atoms with Crippen molar-refractivity contribution in [2.75, 3.05) is 6.54 Å². The van der Waals surface area contributed by atoms with E-state index in [-0.39, 0.29) is 11.6 Å². The zero-order chi connectivity index (χ0) is 22.8. The number of hydrogen-bond donors (Lipinski definition) is 2. The van der Waals surface area contributed by atoms with Crippen LogP contribution in [0.4, 0.5) is 9.18 Å². The van der Waals surface area contributed by atoms with Gasteiger partial charge in [-0.15, -0.1) is 0 Å². The van der Waals surface area contributed by atoms with Gasteiger partial charge in [0.15, 0.2) is 0 Å². The summed E-state index contributed by atoms with van der Waals surface area (Å²) in [5.41, 5.74) is 0.560. The monoisotopic (exact) mass is 424 g/mol. The highest BCUT2D eigenvalue weighted by atomic mass is 19.1. The second-order valence-electron chi connectivity index (χ2n) is 9.45. The maximum atomic E-state index is 13.7. The minimum atomic E-state index is -0.913. The Bertz CT molecular complexity index is 637. The summed E-state index contributed by atoms with van der Waals surface area (Å²) < 4.78 is 18.7. The number of nitrogens with one attached hydrogen (secondary N) is 2.